The van der Waals surface area contributed by atoms with E-state index in [9.17, 15) is 0 Å². The van der Waals surface area contributed by atoms with Crippen LogP contribution in [0.25, 0.3) is 0 Å². The van der Waals surface area contributed by atoms with Gasteiger partial charge < -0.3 is 5.73 Å². The summed E-state index contributed by atoms with van der Waals surface area (Å²) in [6, 6.07) is 19.3. The molecule has 3 rings (SSSR count). The molecule has 1 atom stereocenters. The predicted molar refractivity (Wildman–Crippen MR) is 84.7 cm³/mol. The normalized spacial score (nSPS) is 17.9. The average molecular weight is 265 g/mol. The second kappa shape index (κ2) is 6.23. The Morgan fingerprint density at radius 3 is 2.25 bits per heavy atom. The first-order chi connectivity index (χ1) is 9.84. The summed E-state index contributed by atoms with van der Waals surface area (Å²) in [6.45, 7) is 0. The van der Waals surface area contributed by atoms with Crippen LogP contribution in [0.5, 0.6) is 0 Å². The minimum atomic E-state index is -0.0141. The van der Waals surface area contributed by atoms with Crippen LogP contribution >= 0.6 is 0 Å². The average Bonchev–Trinajstić information content (AvgIpc) is 2.56. The van der Waals surface area contributed by atoms with Gasteiger partial charge in [0.2, 0.25) is 0 Å². The molecular formula is C19H23N. The molecular weight excluding hydrogens is 242 g/mol. The molecule has 0 heterocycles. The van der Waals surface area contributed by atoms with Gasteiger partial charge in [0.15, 0.2) is 0 Å². The topological polar surface area (TPSA) is 26.0 Å². The van der Waals surface area contributed by atoms with Crippen molar-refractivity contribution in [3.63, 3.8) is 0 Å². The molecule has 0 saturated heterocycles. The van der Waals surface area contributed by atoms with Crippen molar-refractivity contribution < 1.29 is 0 Å². The smallest absolute Gasteiger partial charge is 0.0551 e. The van der Waals surface area contributed by atoms with E-state index in [2.05, 4.69) is 48.5 Å². The molecule has 1 nitrogen and oxygen atoms in total. The van der Waals surface area contributed by atoms with Crippen LogP contribution in [0.2, 0.25) is 0 Å². The highest BCUT2D eigenvalue weighted by molar-refractivity contribution is 5.35. The summed E-state index contributed by atoms with van der Waals surface area (Å²) >= 11 is 0. The standard InChI is InChI=1S/C19H23N/c20-19(16-10-5-2-6-11-16)18-13-7-12-17(14-18)15-8-3-1-4-9-15/h2,5-7,10-15,19H,1,3-4,8-9,20H2. The fourth-order valence-corrected chi connectivity index (χ4v) is 3.30. The van der Waals surface area contributed by atoms with E-state index in [4.69, 9.17) is 5.73 Å². The van der Waals surface area contributed by atoms with Crippen LogP contribution in [0.4, 0.5) is 0 Å². The first-order valence-corrected chi connectivity index (χ1v) is 7.75. The fraction of sp³-hybridized carbons (Fsp3) is 0.368. The SMILES string of the molecule is NC(c1ccccc1)c1cccc(C2CCCCC2)c1. The molecule has 2 aromatic carbocycles. The van der Waals surface area contributed by atoms with Crippen molar-refractivity contribution in [1.29, 1.82) is 0 Å². The highest BCUT2D eigenvalue weighted by Crippen LogP contribution is 2.33. The lowest BCUT2D eigenvalue weighted by Crippen LogP contribution is -2.13. The molecule has 1 saturated carbocycles. The monoisotopic (exact) mass is 265 g/mol. The van der Waals surface area contributed by atoms with Crippen LogP contribution in [0.3, 0.4) is 0 Å². The summed E-state index contributed by atoms with van der Waals surface area (Å²) in [6.07, 6.45) is 6.83. The summed E-state index contributed by atoms with van der Waals surface area (Å²) in [5.74, 6) is 0.742. The van der Waals surface area contributed by atoms with Gasteiger partial charge in [-0.2, -0.15) is 0 Å². The Balaban J connectivity index is 1.83. The fourth-order valence-electron chi connectivity index (χ4n) is 3.30. The molecule has 1 aliphatic rings. The van der Waals surface area contributed by atoms with Crippen LogP contribution in [0.15, 0.2) is 54.6 Å². The lowest BCUT2D eigenvalue weighted by Gasteiger charge is -2.23. The highest BCUT2D eigenvalue weighted by atomic mass is 14.6. The number of benzene rings is 2. The van der Waals surface area contributed by atoms with Crippen molar-refractivity contribution in [2.75, 3.05) is 0 Å². The largest absolute Gasteiger partial charge is 0.320 e. The van der Waals surface area contributed by atoms with E-state index >= 15 is 0 Å². The van der Waals surface area contributed by atoms with E-state index < -0.39 is 0 Å². The second-order valence-corrected chi connectivity index (χ2v) is 5.89. The maximum Gasteiger partial charge on any atom is 0.0551 e. The molecule has 0 aliphatic heterocycles. The third-order valence-corrected chi connectivity index (χ3v) is 4.51. The lowest BCUT2D eigenvalue weighted by molar-refractivity contribution is 0.443. The van der Waals surface area contributed by atoms with Crippen molar-refractivity contribution in [3.8, 4) is 0 Å². The van der Waals surface area contributed by atoms with Gasteiger partial charge in [0.1, 0.15) is 0 Å². The van der Waals surface area contributed by atoms with E-state index in [1.165, 1.54) is 48.8 Å². The van der Waals surface area contributed by atoms with Crippen LogP contribution in [0, 0.1) is 0 Å². The van der Waals surface area contributed by atoms with Gasteiger partial charge in [-0.15, -0.1) is 0 Å². The number of nitrogens with two attached hydrogens (primary N) is 1. The summed E-state index contributed by atoms with van der Waals surface area (Å²) < 4.78 is 0. The Bertz CT molecular complexity index is 541. The second-order valence-electron chi connectivity index (χ2n) is 5.89. The Morgan fingerprint density at radius 1 is 0.800 bits per heavy atom. The van der Waals surface area contributed by atoms with Crippen molar-refractivity contribution in [2.45, 2.75) is 44.1 Å². The van der Waals surface area contributed by atoms with Gasteiger partial charge in [0.25, 0.3) is 0 Å². The number of hydrogen-bond acceptors (Lipinski definition) is 1. The van der Waals surface area contributed by atoms with E-state index in [-0.39, 0.29) is 6.04 Å². The van der Waals surface area contributed by atoms with Crippen LogP contribution < -0.4 is 5.73 Å². The maximum atomic E-state index is 6.41. The van der Waals surface area contributed by atoms with Gasteiger partial charge in [0.05, 0.1) is 6.04 Å². The molecule has 1 unspecified atom stereocenters. The quantitative estimate of drug-likeness (QED) is 0.849. The Labute approximate surface area is 121 Å². The molecule has 1 heteroatoms. The number of hydrogen-bond donors (Lipinski definition) is 1. The third kappa shape index (κ3) is 2.94. The van der Waals surface area contributed by atoms with Crippen molar-refractivity contribution >= 4 is 0 Å². The van der Waals surface area contributed by atoms with Gasteiger partial charge in [0, 0.05) is 0 Å². The van der Waals surface area contributed by atoms with Crippen molar-refractivity contribution in [1.82, 2.24) is 0 Å². The van der Waals surface area contributed by atoms with Crippen LogP contribution in [-0.4, -0.2) is 0 Å². The van der Waals surface area contributed by atoms with Crippen LogP contribution in [-0.2, 0) is 0 Å². The van der Waals surface area contributed by atoms with Crippen molar-refractivity contribution in [3.05, 3.63) is 71.3 Å². The van der Waals surface area contributed by atoms with E-state index in [0.717, 1.165) is 5.92 Å². The van der Waals surface area contributed by atoms with Gasteiger partial charge in [-0.05, 0) is 35.4 Å². The van der Waals surface area contributed by atoms with Crippen molar-refractivity contribution in [2.24, 2.45) is 5.73 Å². The zero-order valence-electron chi connectivity index (χ0n) is 12.0. The summed E-state index contributed by atoms with van der Waals surface area (Å²) in [7, 11) is 0. The molecule has 2 aromatic rings. The molecule has 0 spiro atoms. The lowest BCUT2D eigenvalue weighted by atomic mass is 9.83. The summed E-state index contributed by atoms with van der Waals surface area (Å²) in [4.78, 5) is 0. The molecule has 0 radical (unpaired) electrons. The molecule has 1 fully saturated rings. The Kier molecular flexibility index (Phi) is 4.17. The van der Waals surface area contributed by atoms with E-state index in [0.29, 0.717) is 0 Å². The summed E-state index contributed by atoms with van der Waals surface area (Å²) in [5.41, 5.74) is 10.3. The first-order valence-electron chi connectivity index (χ1n) is 7.75. The molecule has 0 bridgehead atoms. The molecule has 104 valence electrons. The predicted octanol–water partition coefficient (Wildman–Crippen LogP) is 4.78. The van der Waals surface area contributed by atoms with Gasteiger partial charge in [-0.25, -0.2) is 0 Å². The minimum Gasteiger partial charge on any atom is -0.320 e. The molecule has 0 amide bonds. The minimum absolute atomic E-state index is 0.0141. The zero-order valence-corrected chi connectivity index (χ0v) is 12.0. The number of rotatable bonds is 3. The van der Waals surface area contributed by atoms with Gasteiger partial charge >= 0.3 is 0 Å². The third-order valence-electron chi connectivity index (χ3n) is 4.51. The highest BCUT2D eigenvalue weighted by Gasteiger charge is 2.17. The maximum absolute atomic E-state index is 6.41. The molecule has 20 heavy (non-hydrogen) atoms. The first kappa shape index (κ1) is 13.4. The van der Waals surface area contributed by atoms with Crippen LogP contribution in [0.1, 0.15) is 60.8 Å². The van der Waals surface area contributed by atoms with Gasteiger partial charge in [-0.1, -0.05) is 73.9 Å². The van der Waals surface area contributed by atoms with Gasteiger partial charge in [-0.3, -0.25) is 0 Å². The Morgan fingerprint density at radius 2 is 1.50 bits per heavy atom. The zero-order chi connectivity index (χ0) is 13.8. The molecule has 1 aliphatic carbocycles. The van der Waals surface area contributed by atoms with E-state index in [1.807, 2.05) is 6.07 Å². The molecule has 2 N–H and O–H groups in total. The summed E-state index contributed by atoms with van der Waals surface area (Å²) in [5, 5.41) is 0. The van der Waals surface area contributed by atoms with E-state index in [1.54, 1.807) is 0 Å². The Hall–Kier alpha value is -1.60. The molecule has 0 aromatic heterocycles.